The molecule has 0 unspecified atom stereocenters. The molecule has 0 spiro atoms. The zero-order valence-corrected chi connectivity index (χ0v) is 18.8. The number of aryl methyl sites for hydroxylation is 1. The minimum absolute atomic E-state index is 0.0722. The molecule has 1 aromatic heterocycles. The van der Waals surface area contributed by atoms with Crippen LogP contribution in [0.25, 0.3) is 0 Å². The van der Waals surface area contributed by atoms with Crippen LogP contribution in [0.15, 0.2) is 58.8 Å². The van der Waals surface area contributed by atoms with Gasteiger partial charge in [0, 0.05) is 29.2 Å². The smallest absolute Gasteiger partial charge is 0.262 e. The van der Waals surface area contributed by atoms with E-state index in [9.17, 15) is 13.2 Å². The van der Waals surface area contributed by atoms with Crippen LogP contribution in [0.1, 0.15) is 20.8 Å². The van der Waals surface area contributed by atoms with Crippen molar-refractivity contribution in [1.29, 1.82) is 0 Å². The number of ether oxygens (including phenoxy) is 2. The summed E-state index contributed by atoms with van der Waals surface area (Å²) in [5, 5.41) is 2.01. The largest absolute Gasteiger partial charge is 0.486 e. The van der Waals surface area contributed by atoms with Gasteiger partial charge in [0.15, 0.2) is 11.5 Å². The minimum Gasteiger partial charge on any atom is -0.486 e. The van der Waals surface area contributed by atoms with Crippen molar-refractivity contribution in [3.05, 3.63) is 69.9 Å². The number of nitrogens with one attached hydrogen (secondary N) is 1. The number of fused-ring (bicyclic) bond motifs is 1. The van der Waals surface area contributed by atoms with Gasteiger partial charge in [0.05, 0.1) is 11.4 Å². The number of carbonyl (C=O) groups is 1. The van der Waals surface area contributed by atoms with Crippen molar-refractivity contribution in [1.82, 2.24) is 4.90 Å². The van der Waals surface area contributed by atoms with Gasteiger partial charge in [0.1, 0.15) is 13.2 Å². The number of hydrogen-bond acceptors (Lipinski definition) is 6. The Morgan fingerprint density at radius 3 is 2.45 bits per heavy atom. The topological polar surface area (TPSA) is 84.9 Å². The first-order chi connectivity index (χ1) is 14.8. The van der Waals surface area contributed by atoms with Crippen LogP contribution in [0, 0.1) is 6.92 Å². The lowest BCUT2D eigenvalue weighted by atomic mass is 10.2. The molecule has 2 aromatic carbocycles. The molecule has 0 atom stereocenters. The van der Waals surface area contributed by atoms with Crippen molar-refractivity contribution < 1.29 is 22.7 Å². The number of nitrogens with zero attached hydrogens (tertiary/aromatic N) is 1. The number of sulfonamides is 1. The van der Waals surface area contributed by atoms with Gasteiger partial charge in [-0.15, -0.1) is 11.3 Å². The van der Waals surface area contributed by atoms with Gasteiger partial charge in [-0.25, -0.2) is 8.42 Å². The van der Waals surface area contributed by atoms with Gasteiger partial charge >= 0.3 is 0 Å². The Labute approximate surface area is 185 Å². The van der Waals surface area contributed by atoms with Crippen molar-refractivity contribution in [2.75, 3.05) is 25.0 Å². The average Bonchev–Trinajstić information content (AvgIpc) is 3.17. The van der Waals surface area contributed by atoms with Crippen molar-refractivity contribution in [3.63, 3.8) is 0 Å². The van der Waals surface area contributed by atoms with Gasteiger partial charge in [-0.3, -0.25) is 9.52 Å². The van der Waals surface area contributed by atoms with Crippen LogP contribution < -0.4 is 14.2 Å². The predicted octanol–water partition coefficient (Wildman–Crippen LogP) is 3.90. The van der Waals surface area contributed by atoms with Crippen molar-refractivity contribution in [2.45, 2.75) is 18.4 Å². The van der Waals surface area contributed by atoms with Crippen LogP contribution in [0.4, 0.5) is 5.69 Å². The normalized spacial score (nSPS) is 13.0. The molecule has 0 saturated carbocycles. The van der Waals surface area contributed by atoms with E-state index in [4.69, 9.17) is 9.47 Å². The van der Waals surface area contributed by atoms with Crippen molar-refractivity contribution >= 4 is 33.0 Å². The standard InChI is InChI=1S/C22H22N2O5S2/c1-15-9-12-30-21(15)14-24(2)22(25)16-3-5-17(6-4-16)23-31(26,27)18-7-8-19-20(13-18)29-11-10-28-19/h3-9,12-13,23H,10-11,14H2,1-2H3. The fourth-order valence-electron chi connectivity index (χ4n) is 3.16. The summed E-state index contributed by atoms with van der Waals surface area (Å²) >= 11 is 1.62. The average molecular weight is 459 g/mol. The summed E-state index contributed by atoms with van der Waals surface area (Å²) in [6, 6.07) is 12.9. The molecule has 1 amide bonds. The lowest BCUT2D eigenvalue weighted by Crippen LogP contribution is -2.26. The minimum atomic E-state index is -3.81. The van der Waals surface area contributed by atoms with Gasteiger partial charge in [0.2, 0.25) is 0 Å². The summed E-state index contributed by atoms with van der Waals surface area (Å²) in [4.78, 5) is 15.6. The lowest BCUT2D eigenvalue weighted by Gasteiger charge is -2.19. The van der Waals surface area contributed by atoms with Crippen LogP contribution in [-0.2, 0) is 16.6 Å². The third kappa shape index (κ3) is 4.67. The first-order valence-corrected chi connectivity index (χ1v) is 12.0. The Balaban J connectivity index is 1.45. The predicted molar refractivity (Wildman–Crippen MR) is 120 cm³/mol. The number of benzene rings is 2. The Hall–Kier alpha value is -3.04. The number of rotatable bonds is 6. The van der Waals surface area contributed by atoms with E-state index in [1.54, 1.807) is 53.6 Å². The third-order valence-corrected chi connectivity index (χ3v) is 7.29. The number of carbonyl (C=O) groups excluding carboxylic acids is 1. The molecule has 0 radical (unpaired) electrons. The quantitative estimate of drug-likeness (QED) is 0.606. The lowest BCUT2D eigenvalue weighted by molar-refractivity contribution is 0.0786. The Morgan fingerprint density at radius 2 is 1.77 bits per heavy atom. The molecule has 0 aliphatic carbocycles. The maximum Gasteiger partial charge on any atom is 0.262 e. The molecule has 162 valence electrons. The van der Waals surface area contributed by atoms with Crippen LogP contribution in [0.3, 0.4) is 0 Å². The van der Waals surface area contributed by atoms with Crippen molar-refractivity contribution in [3.8, 4) is 11.5 Å². The number of hydrogen-bond donors (Lipinski definition) is 1. The summed E-state index contributed by atoms with van der Waals surface area (Å²) in [6.45, 7) is 3.36. The van der Waals surface area contributed by atoms with Gasteiger partial charge in [-0.05, 0) is 60.3 Å². The summed E-state index contributed by atoms with van der Waals surface area (Å²) in [5.74, 6) is 0.794. The molecular formula is C22H22N2O5S2. The molecule has 1 aliphatic rings. The van der Waals surface area contributed by atoms with E-state index in [-0.39, 0.29) is 10.8 Å². The molecule has 1 aliphatic heterocycles. The first-order valence-electron chi connectivity index (χ1n) is 9.64. The molecule has 2 heterocycles. The maximum atomic E-state index is 12.7. The highest BCUT2D eigenvalue weighted by Gasteiger charge is 2.20. The molecule has 31 heavy (non-hydrogen) atoms. The molecule has 7 nitrogen and oxygen atoms in total. The second kappa shape index (κ2) is 8.60. The molecule has 1 N–H and O–H groups in total. The number of thiophene rings is 1. The van der Waals surface area contributed by atoms with Crippen LogP contribution in [-0.4, -0.2) is 39.5 Å². The number of amides is 1. The molecule has 0 bridgehead atoms. The van der Waals surface area contributed by atoms with Gasteiger partial charge in [-0.2, -0.15) is 0 Å². The molecule has 3 aromatic rings. The Morgan fingerprint density at radius 1 is 1.06 bits per heavy atom. The van der Waals surface area contributed by atoms with E-state index < -0.39 is 10.0 Å². The molecule has 0 saturated heterocycles. The van der Waals surface area contributed by atoms with Gasteiger partial charge in [-0.1, -0.05) is 0 Å². The van der Waals surface area contributed by atoms with E-state index >= 15 is 0 Å². The second-order valence-corrected chi connectivity index (χ2v) is 9.86. The summed E-state index contributed by atoms with van der Waals surface area (Å²) < 4.78 is 38.9. The van der Waals surface area contributed by atoms with Gasteiger partial charge < -0.3 is 14.4 Å². The number of anilines is 1. The van der Waals surface area contributed by atoms with E-state index in [1.807, 2.05) is 18.4 Å². The van der Waals surface area contributed by atoms with Gasteiger partial charge in [0.25, 0.3) is 15.9 Å². The molecular weight excluding hydrogens is 436 g/mol. The highest BCUT2D eigenvalue weighted by Crippen LogP contribution is 2.32. The monoisotopic (exact) mass is 458 g/mol. The summed E-state index contributed by atoms with van der Waals surface area (Å²) in [7, 11) is -2.06. The maximum absolute atomic E-state index is 12.7. The first kappa shape index (κ1) is 21.2. The Bertz CT molecular complexity index is 1200. The van der Waals surface area contributed by atoms with Crippen LogP contribution >= 0.6 is 11.3 Å². The van der Waals surface area contributed by atoms with Crippen LogP contribution in [0.2, 0.25) is 0 Å². The summed E-state index contributed by atoms with van der Waals surface area (Å²) in [5.41, 5.74) is 2.01. The van der Waals surface area contributed by atoms with Crippen LogP contribution in [0.5, 0.6) is 11.5 Å². The summed E-state index contributed by atoms with van der Waals surface area (Å²) in [6.07, 6.45) is 0. The zero-order chi connectivity index (χ0) is 22.0. The SMILES string of the molecule is Cc1ccsc1CN(C)C(=O)c1ccc(NS(=O)(=O)c2ccc3c(c2)OCCO3)cc1. The highest BCUT2D eigenvalue weighted by atomic mass is 32.2. The molecule has 9 heteroatoms. The van der Waals surface area contributed by atoms with E-state index in [0.29, 0.717) is 42.5 Å². The third-order valence-electron chi connectivity index (χ3n) is 4.90. The highest BCUT2D eigenvalue weighted by molar-refractivity contribution is 7.92. The van der Waals surface area contributed by atoms with Crippen molar-refractivity contribution in [2.24, 2.45) is 0 Å². The van der Waals surface area contributed by atoms with E-state index in [1.165, 1.54) is 12.1 Å². The zero-order valence-electron chi connectivity index (χ0n) is 17.1. The van der Waals surface area contributed by atoms with E-state index in [0.717, 1.165) is 10.4 Å². The second-order valence-electron chi connectivity index (χ2n) is 7.18. The Kier molecular flexibility index (Phi) is 5.88. The fraction of sp³-hybridized carbons (Fsp3) is 0.227. The van der Waals surface area contributed by atoms with E-state index in [2.05, 4.69) is 4.72 Å². The fourth-order valence-corrected chi connectivity index (χ4v) is 5.19. The molecule has 0 fully saturated rings. The molecule has 4 rings (SSSR count).